The Balaban J connectivity index is 1.97. The van der Waals surface area contributed by atoms with Crippen LogP contribution in [0.25, 0.3) is 10.9 Å². The molecule has 3 rings (SSSR count). The summed E-state index contributed by atoms with van der Waals surface area (Å²) in [6, 6.07) is 7.45. The summed E-state index contributed by atoms with van der Waals surface area (Å²) in [7, 11) is 1.61. The molecule has 1 unspecified atom stereocenters. The third-order valence-electron chi connectivity index (χ3n) is 4.23. The highest BCUT2D eigenvalue weighted by Gasteiger charge is 2.42. The minimum absolute atomic E-state index is 0.0559. The fourth-order valence-corrected chi connectivity index (χ4v) is 3.17. The Kier molecular flexibility index (Phi) is 3.12. The predicted octanol–water partition coefficient (Wildman–Crippen LogP) is 3.30. The van der Waals surface area contributed by atoms with Crippen LogP contribution in [-0.4, -0.2) is 23.4 Å². The van der Waals surface area contributed by atoms with Crippen LogP contribution >= 0.6 is 0 Å². The molecule has 1 fully saturated rings. The molecule has 1 saturated carbocycles. The van der Waals surface area contributed by atoms with E-state index in [2.05, 4.69) is 0 Å². The SMILES string of the molecule is COc1ccc2c(ccn2C(=O)C2CC(C)(C)CC2=O)c1. The van der Waals surface area contributed by atoms with Crippen molar-refractivity contribution in [2.24, 2.45) is 11.3 Å². The number of hydrogen-bond donors (Lipinski definition) is 0. The summed E-state index contributed by atoms with van der Waals surface area (Å²) in [6.45, 7) is 4.08. The van der Waals surface area contributed by atoms with Gasteiger partial charge in [0, 0.05) is 18.0 Å². The lowest BCUT2D eigenvalue weighted by atomic mass is 9.90. The molecule has 4 nitrogen and oxygen atoms in total. The van der Waals surface area contributed by atoms with Crippen molar-refractivity contribution in [3.63, 3.8) is 0 Å². The first-order valence-electron chi connectivity index (χ1n) is 7.13. The lowest BCUT2D eigenvalue weighted by molar-refractivity contribution is -0.119. The van der Waals surface area contributed by atoms with Gasteiger partial charge in [0.05, 0.1) is 18.5 Å². The van der Waals surface area contributed by atoms with E-state index in [0.717, 1.165) is 16.7 Å². The Hall–Kier alpha value is -2.10. The third kappa shape index (κ3) is 2.35. The second kappa shape index (κ2) is 4.72. The smallest absolute Gasteiger partial charge is 0.241 e. The van der Waals surface area contributed by atoms with Gasteiger partial charge in [-0.3, -0.25) is 14.2 Å². The molecule has 0 aliphatic heterocycles. The third-order valence-corrected chi connectivity index (χ3v) is 4.23. The maximum absolute atomic E-state index is 12.7. The molecule has 110 valence electrons. The molecule has 21 heavy (non-hydrogen) atoms. The van der Waals surface area contributed by atoms with Crippen molar-refractivity contribution in [2.75, 3.05) is 7.11 Å². The summed E-state index contributed by atoms with van der Waals surface area (Å²) in [5, 5.41) is 0.937. The Morgan fingerprint density at radius 2 is 2.10 bits per heavy atom. The maximum Gasteiger partial charge on any atom is 0.241 e. The van der Waals surface area contributed by atoms with Crippen molar-refractivity contribution >= 4 is 22.6 Å². The van der Waals surface area contributed by atoms with Gasteiger partial charge in [0.2, 0.25) is 5.91 Å². The van der Waals surface area contributed by atoms with E-state index >= 15 is 0 Å². The number of aromatic nitrogens is 1. The highest BCUT2D eigenvalue weighted by molar-refractivity contribution is 6.07. The fraction of sp³-hybridized carbons (Fsp3) is 0.412. The van der Waals surface area contributed by atoms with Crippen LogP contribution in [0.2, 0.25) is 0 Å². The van der Waals surface area contributed by atoms with Gasteiger partial charge in [0.1, 0.15) is 11.5 Å². The molecule has 1 aromatic carbocycles. The number of carbonyl (C=O) groups is 2. The number of benzene rings is 1. The molecule has 0 N–H and O–H groups in total. The zero-order chi connectivity index (χ0) is 15.2. The van der Waals surface area contributed by atoms with Crippen molar-refractivity contribution in [3.8, 4) is 5.75 Å². The Morgan fingerprint density at radius 3 is 2.71 bits per heavy atom. The Bertz CT molecular complexity index is 727. The molecule has 1 aliphatic rings. The zero-order valence-electron chi connectivity index (χ0n) is 12.6. The van der Waals surface area contributed by atoms with Gasteiger partial charge in [-0.1, -0.05) is 13.8 Å². The lowest BCUT2D eigenvalue weighted by Gasteiger charge is -2.15. The number of nitrogens with zero attached hydrogens (tertiary/aromatic N) is 1. The summed E-state index contributed by atoms with van der Waals surface area (Å²) in [6.07, 6.45) is 2.85. The van der Waals surface area contributed by atoms with Gasteiger partial charge in [-0.2, -0.15) is 0 Å². The van der Waals surface area contributed by atoms with E-state index in [1.54, 1.807) is 17.9 Å². The molecular formula is C17H19NO3. The van der Waals surface area contributed by atoms with Crippen LogP contribution in [0.15, 0.2) is 30.5 Å². The van der Waals surface area contributed by atoms with Gasteiger partial charge >= 0.3 is 0 Å². The molecule has 1 atom stereocenters. The molecule has 1 heterocycles. The normalized spacial score (nSPS) is 20.9. The molecule has 0 amide bonds. The summed E-state index contributed by atoms with van der Waals surface area (Å²) in [5.41, 5.74) is 0.738. The van der Waals surface area contributed by atoms with E-state index in [4.69, 9.17) is 4.74 Å². The van der Waals surface area contributed by atoms with Gasteiger partial charge < -0.3 is 4.74 Å². The second-order valence-corrected chi connectivity index (χ2v) is 6.51. The Morgan fingerprint density at radius 1 is 1.33 bits per heavy atom. The monoisotopic (exact) mass is 285 g/mol. The van der Waals surface area contributed by atoms with E-state index < -0.39 is 5.92 Å². The lowest BCUT2D eigenvalue weighted by Crippen LogP contribution is -2.24. The molecular weight excluding hydrogens is 266 g/mol. The topological polar surface area (TPSA) is 48.3 Å². The second-order valence-electron chi connectivity index (χ2n) is 6.51. The number of carbonyl (C=O) groups excluding carboxylic acids is 2. The fourth-order valence-electron chi connectivity index (χ4n) is 3.17. The summed E-state index contributed by atoms with van der Waals surface area (Å²) in [4.78, 5) is 24.8. The molecule has 2 aromatic rings. The van der Waals surface area contributed by atoms with Crippen LogP contribution in [0.4, 0.5) is 0 Å². The number of methoxy groups -OCH3 is 1. The van der Waals surface area contributed by atoms with Gasteiger partial charge in [0.25, 0.3) is 0 Å². The average Bonchev–Trinajstić information content (AvgIpc) is 2.97. The van der Waals surface area contributed by atoms with E-state index in [0.29, 0.717) is 12.8 Å². The predicted molar refractivity (Wildman–Crippen MR) is 80.6 cm³/mol. The molecule has 4 heteroatoms. The van der Waals surface area contributed by atoms with Gasteiger partial charge in [-0.25, -0.2) is 0 Å². The number of Topliss-reactive ketones (excluding diaryl/α,β-unsaturated/α-hetero) is 1. The first-order chi connectivity index (χ1) is 9.91. The van der Waals surface area contributed by atoms with Crippen LogP contribution in [0.1, 0.15) is 31.5 Å². The average molecular weight is 285 g/mol. The highest BCUT2D eigenvalue weighted by Crippen LogP contribution is 2.39. The van der Waals surface area contributed by atoms with Crippen molar-refractivity contribution in [1.82, 2.24) is 4.57 Å². The number of rotatable bonds is 2. The largest absolute Gasteiger partial charge is 0.497 e. The summed E-state index contributed by atoms with van der Waals surface area (Å²) < 4.78 is 6.78. The minimum Gasteiger partial charge on any atom is -0.497 e. The molecule has 0 radical (unpaired) electrons. The van der Waals surface area contributed by atoms with Crippen LogP contribution < -0.4 is 4.74 Å². The summed E-state index contributed by atoms with van der Waals surface area (Å²) >= 11 is 0. The molecule has 0 saturated heterocycles. The standard InChI is InChI=1S/C17H19NO3/c1-17(2)9-13(15(19)10-17)16(20)18-7-6-11-8-12(21-3)4-5-14(11)18/h4-8,13H,9-10H2,1-3H3. The first kappa shape index (κ1) is 13.9. The van der Waals surface area contributed by atoms with Crippen molar-refractivity contribution in [3.05, 3.63) is 30.5 Å². The first-order valence-corrected chi connectivity index (χ1v) is 7.13. The molecule has 1 aromatic heterocycles. The number of fused-ring (bicyclic) bond motifs is 1. The summed E-state index contributed by atoms with van der Waals surface area (Å²) in [5.74, 6) is 0.176. The quantitative estimate of drug-likeness (QED) is 0.795. The van der Waals surface area contributed by atoms with Gasteiger partial charge in [-0.15, -0.1) is 0 Å². The number of ether oxygens (including phenoxy) is 1. The minimum atomic E-state index is -0.516. The maximum atomic E-state index is 12.7. The van der Waals surface area contributed by atoms with Gasteiger partial charge in [-0.05, 0) is 36.1 Å². The van der Waals surface area contributed by atoms with Gasteiger partial charge in [0.15, 0.2) is 0 Å². The van der Waals surface area contributed by atoms with E-state index in [9.17, 15) is 9.59 Å². The highest BCUT2D eigenvalue weighted by atomic mass is 16.5. The van der Waals surface area contributed by atoms with Crippen LogP contribution in [0, 0.1) is 11.3 Å². The number of ketones is 1. The Labute approximate surface area is 123 Å². The van der Waals surface area contributed by atoms with Crippen molar-refractivity contribution < 1.29 is 14.3 Å². The van der Waals surface area contributed by atoms with Crippen LogP contribution in [0.5, 0.6) is 5.75 Å². The number of hydrogen-bond acceptors (Lipinski definition) is 3. The van der Waals surface area contributed by atoms with Crippen LogP contribution in [0.3, 0.4) is 0 Å². The van der Waals surface area contributed by atoms with Crippen molar-refractivity contribution in [2.45, 2.75) is 26.7 Å². The van der Waals surface area contributed by atoms with E-state index in [-0.39, 0.29) is 17.1 Å². The van der Waals surface area contributed by atoms with Crippen LogP contribution in [-0.2, 0) is 4.79 Å². The van der Waals surface area contributed by atoms with E-state index in [1.165, 1.54) is 0 Å². The molecule has 0 bridgehead atoms. The zero-order valence-corrected chi connectivity index (χ0v) is 12.6. The molecule has 1 aliphatic carbocycles. The van der Waals surface area contributed by atoms with Crippen molar-refractivity contribution in [1.29, 1.82) is 0 Å². The molecule has 0 spiro atoms. The van der Waals surface area contributed by atoms with E-state index in [1.807, 2.05) is 38.1 Å².